The number of nitro benzene ring substituents is 1. The molecule has 9 aromatic carbocycles. The topological polar surface area (TPSA) is 462 Å². The van der Waals surface area contributed by atoms with Gasteiger partial charge in [-0.1, -0.05) is 6.07 Å². The molecule has 9 aromatic rings. The van der Waals surface area contributed by atoms with E-state index in [-0.39, 0.29) is 71.5 Å². The van der Waals surface area contributed by atoms with E-state index in [4.69, 9.17) is 0 Å². The number of phenolic OH excluding ortho intramolecular Hbond substituents is 3. The summed E-state index contributed by atoms with van der Waals surface area (Å²) in [6, 6.07) is 23.4. The summed E-state index contributed by atoms with van der Waals surface area (Å²) in [6.45, 7) is 0. The minimum absolute atomic E-state index is 0.000853. The molecule has 0 fully saturated rings. The van der Waals surface area contributed by atoms with Crippen molar-refractivity contribution in [3.05, 3.63) is 138 Å². The summed E-state index contributed by atoms with van der Waals surface area (Å²) in [5.74, 6) is -2.09. The Morgan fingerprint density at radius 3 is 1.39 bits per heavy atom. The van der Waals surface area contributed by atoms with Crippen LogP contribution in [-0.2, 0) is 50.6 Å². The first-order valence-corrected chi connectivity index (χ1v) is 28.7. The van der Waals surface area contributed by atoms with E-state index < -0.39 is 120 Å². The first kappa shape index (κ1) is 54.7. The van der Waals surface area contributed by atoms with Gasteiger partial charge in [-0.15, -0.1) is 25.6 Å². The third-order valence-corrected chi connectivity index (χ3v) is 15.9. The lowest BCUT2D eigenvalue weighted by Gasteiger charge is -2.13. The van der Waals surface area contributed by atoms with Crippen LogP contribution >= 0.6 is 0 Å². The molecule has 0 aliphatic carbocycles. The van der Waals surface area contributed by atoms with E-state index in [9.17, 15) is 90.3 Å². The summed E-state index contributed by atoms with van der Waals surface area (Å²) >= 11 is 0. The first-order chi connectivity index (χ1) is 36.8. The molecule has 0 amide bonds. The molecule has 28 nitrogen and oxygen atoms in total. The van der Waals surface area contributed by atoms with E-state index in [1.807, 2.05) is 0 Å². The van der Waals surface area contributed by atoms with Crippen molar-refractivity contribution >= 4 is 145 Å². The maximum atomic E-state index is 12.9. The SMILES string of the molecule is O=[N+]([O-])c1ccc(N=Nc2ccc(N=Nc3c(S(=O)(=O)O)cc4cc(Nc5ccc6c(O)c(N=Nc7ccc8c(O)cc(S(=O)(=O)O)cc8c7)c(S(=O)(=O)O)cc6c5)ccc4c3O)c3cc(S(=O)(=O)O)ccc23)c(S(=O)(=O)O)c1. The molecule has 404 valence electrons. The zero-order valence-electron chi connectivity index (χ0n) is 38.8. The van der Waals surface area contributed by atoms with Gasteiger partial charge in [-0.2, -0.15) is 47.2 Å². The van der Waals surface area contributed by atoms with Gasteiger partial charge in [-0.3, -0.25) is 32.9 Å². The van der Waals surface area contributed by atoms with Gasteiger partial charge in [0.2, 0.25) is 0 Å². The van der Waals surface area contributed by atoms with Gasteiger partial charge in [-0.05, 0) is 119 Å². The Hall–Kier alpha value is -9.03. The third kappa shape index (κ3) is 11.2. The Morgan fingerprint density at radius 2 is 0.861 bits per heavy atom. The molecule has 0 radical (unpaired) electrons. The minimum atomic E-state index is -5.26. The van der Waals surface area contributed by atoms with Gasteiger partial charge in [0.25, 0.3) is 56.3 Å². The molecule has 0 aliphatic heterocycles. The lowest BCUT2D eigenvalue weighted by molar-refractivity contribution is -0.385. The number of nitrogens with one attached hydrogen (secondary N) is 1. The Labute approximate surface area is 442 Å². The van der Waals surface area contributed by atoms with Crippen LogP contribution in [0.3, 0.4) is 0 Å². The quantitative estimate of drug-likeness (QED) is 0.0211. The summed E-state index contributed by atoms with van der Waals surface area (Å²) in [5, 5.41) is 70.7. The zero-order valence-corrected chi connectivity index (χ0v) is 42.9. The standard InChI is InChI=1S/C46H30N8O20S5/c55-39-21-30(76(63,64)65)16-22-15-27(3-6-31(22)39)48-52-43-41(78(69,70)71)17-23-13-25(1-7-32(23)45(43)56)47-26-2-8-33-24(14-26)18-42(79(72,73)74)44(46(33)57)53-50-37-12-11-36(34-9-5-29(20-35(34)37)75(60,61)62)49-51-38-10-4-28(54(58)59)19-40(38)77(66,67)68/h1-21,47,55-57H,(H,60,61,62)(H,63,64,65)(H,66,67,68)(H,69,70,71)(H,72,73,74). The van der Waals surface area contributed by atoms with Crippen LogP contribution in [0, 0.1) is 10.1 Å². The summed E-state index contributed by atoms with van der Waals surface area (Å²) in [4.78, 5) is 6.15. The summed E-state index contributed by atoms with van der Waals surface area (Å²) in [5.41, 5.74) is -2.83. The van der Waals surface area contributed by atoms with Gasteiger partial charge in [0.05, 0.1) is 31.8 Å². The number of phenols is 3. The molecule has 0 aromatic heterocycles. The Balaban J connectivity index is 1.05. The molecule has 0 atom stereocenters. The van der Waals surface area contributed by atoms with Crippen molar-refractivity contribution in [1.82, 2.24) is 0 Å². The van der Waals surface area contributed by atoms with Crippen LogP contribution in [0.5, 0.6) is 17.2 Å². The van der Waals surface area contributed by atoms with Crippen molar-refractivity contribution in [2.24, 2.45) is 30.7 Å². The molecule has 0 saturated heterocycles. The van der Waals surface area contributed by atoms with Crippen molar-refractivity contribution in [1.29, 1.82) is 0 Å². The van der Waals surface area contributed by atoms with Crippen molar-refractivity contribution in [2.45, 2.75) is 24.5 Å². The van der Waals surface area contributed by atoms with Gasteiger partial charge >= 0.3 is 0 Å². The highest BCUT2D eigenvalue weighted by molar-refractivity contribution is 7.87. The number of azo groups is 3. The second kappa shape index (κ2) is 19.8. The van der Waals surface area contributed by atoms with Crippen LogP contribution in [-0.4, -0.2) is 85.1 Å². The first-order valence-electron chi connectivity index (χ1n) is 21.5. The summed E-state index contributed by atoms with van der Waals surface area (Å²) in [7, 11) is -25.1. The van der Waals surface area contributed by atoms with Crippen molar-refractivity contribution < 1.29 is 85.1 Å². The molecule has 0 bridgehead atoms. The molecule has 0 unspecified atom stereocenters. The average molecular weight is 1180 g/mol. The Bertz CT molecular complexity index is 4870. The van der Waals surface area contributed by atoms with Crippen LogP contribution in [0.2, 0.25) is 0 Å². The molecule has 9 N–H and O–H groups in total. The Kier molecular flexibility index (Phi) is 13.7. The van der Waals surface area contributed by atoms with Gasteiger partial charge in [0, 0.05) is 56.5 Å². The van der Waals surface area contributed by atoms with Crippen LogP contribution < -0.4 is 5.32 Å². The van der Waals surface area contributed by atoms with E-state index in [1.54, 1.807) is 0 Å². The zero-order chi connectivity index (χ0) is 57.3. The van der Waals surface area contributed by atoms with Gasteiger partial charge in [0.1, 0.15) is 37.5 Å². The van der Waals surface area contributed by atoms with Gasteiger partial charge < -0.3 is 20.6 Å². The third-order valence-electron chi connectivity index (χ3n) is 11.6. The van der Waals surface area contributed by atoms with Crippen LogP contribution in [0.15, 0.2) is 183 Å². The Morgan fingerprint density at radius 1 is 0.392 bits per heavy atom. The van der Waals surface area contributed by atoms with Crippen LogP contribution in [0.4, 0.5) is 51.2 Å². The highest BCUT2D eigenvalue weighted by atomic mass is 32.2. The lowest BCUT2D eigenvalue weighted by atomic mass is 10.1. The number of non-ortho nitro benzene ring substituents is 1. The molecule has 79 heavy (non-hydrogen) atoms. The molecule has 0 aliphatic rings. The average Bonchev–Trinajstić information content (AvgIpc) is 3.42. The van der Waals surface area contributed by atoms with Crippen molar-refractivity contribution in [3.8, 4) is 17.2 Å². The summed E-state index contributed by atoms with van der Waals surface area (Å²) < 4.78 is 173. The van der Waals surface area contributed by atoms with Gasteiger partial charge in [0.15, 0.2) is 11.5 Å². The van der Waals surface area contributed by atoms with E-state index in [1.165, 1.54) is 60.7 Å². The molecule has 0 heterocycles. The largest absolute Gasteiger partial charge is 0.507 e. The molecule has 0 saturated carbocycles. The van der Waals surface area contributed by atoms with E-state index in [2.05, 4.69) is 36.0 Å². The van der Waals surface area contributed by atoms with E-state index in [0.29, 0.717) is 6.07 Å². The molecule has 33 heteroatoms. The van der Waals surface area contributed by atoms with Crippen molar-refractivity contribution in [3.63, 3.8) is 0 Å². The number of fused-ring (bicyclic) bond motifs is 4. The second-order valence-electron chi connectivity index (χ2n) is 16.7. The number of hydrogen-bond donors (Lipinski definition) is 9. The highest BCUT2D eigenvalue weighted by Crippen LogP contribution is 2.46. The lowest BCUT2D eigenvalue weighted by Crippen LogP contribution is -2.00. The number of anilines is 2. The predicted octanol–water partition coefficient (Wildman–Crippen LogP) is 10.5. The fourth-order valence-electron chi connectivity index (χ4n) is 7.99. The maximum Gasteiger partial charge on any atom is 0.297 e. The number of rotatable bonds is 14. The minimum Gasteiger partial charge on any atom is -0.507 e. The molecular weight excluding hydrogens is 1140 g/mol. The molecular formula is C46H30N8O20S5. The number of nitro groups is 1. The molecule has 9 rings (SSSR count). The number of nitrogens with zero attached hydrogens (tertiary/aromatic N) is 7. The van der Waals surface area contributed by atoms with E-state index >= 15 is 0 Å². The highest BCUT2D eigenvalue weighted by Gasteiger charge is 2.26. The van der Waals surface area contributed by atoms with Crippen LogP contribution in [0.25, 0.3) is 43.1 Å². The second-order valence-corrected chi connectivity index (χ2v) is 23.7. The predicted molar refractivity (Wildman–Crippen MR) is 279 cm³/mol. The normalized spacial score (nSPS) is 13.0. The smallest absolute Gasteiger partial charge is 0.297 e. The monoisotopic (exact) mass is 1170 g/mol. The maximum absolute atomic E-state index is 12.9. The van der Waals surface area contributed by atoms with Crippen molar-refractivity contribution in [2.75, 3.05) is 5.32 Å². The fourth-order valence-corrected chi connectivity index (χ4v) is 11.0. The number of hydrogen-bond acceptors (Lipinski definition) is 22. The van der Waals surface area contributed by atoms with Gasteiger partial charge in [-0.25, -0.2) is 0 Å². The summed E-state index contributed by atoms with van der Waals surface area (Å²) in [6.07, 6.45) is 0. The van der Waals surface area contributed by atoms with Crippen LogP contribution in [0.1, 0.15) is 0 Å². The number of aromatic hydroxyl groups is 3. The number of benzene rings is 9. The fraction of sp³-hybridized carbons (Fsp3) is 0. The van der Waals surface area contributed by atoms with E-state index in [0.717, 1.165) is 60.7 Å². The molecule has 0 spiro atoms.